The second-order valence-electron chi connectivity index (χ2n) is 6.43. The van der Waals surface area contributed by atoms with Crippen LogP contribution in [0, 0.1) is 0 Å². The third kappa shape index (κ3) is 3.22. The summed E-state index contributed by atoms with van der Waals surface area (Å²) in [6, 6.07) is 9.51. The lowest BCUT2D eigenvalue weighted by molar-refractivity contribution is -0.119. The van der Waals surface area contributed by atoms with E-state index in [-0.39, 0.29) is 11.5 Å². The minimum atomic E-state index is -0.801. The number of hydrogen-bond donors (Lipinski definition) is 4. The molecular formula is C18H17N7O2. The van der Waals surface area contributed by atoms with Crippen molar-refractivity contribution in [1.29, 1.82) is 0 Å². The zero-order chi connectivity index (χ0) is 19.0. The van der Waals surface area contributed by atoms with E-state index < -0.39 is 17.4 Å². The molecule has 1 aliphatic rings. The average Bonchev–Trinajstić information content (AvgIpc) is 3.42. The number of nitrogens with two attached hydrogens (primary N) is 2. The van der Waals surface area contributed by atoms with Gasteiger partial charge in [-0.2, -0.15) is 0 Å². The largest absolute Gasteiger partial charge is 0.368 e. The highest BCUT2D eigenvalue weighted by Gasteiger charge is 2.49. The van der Waals surface area contributed by atoms with Crippen LogP contribution in [0.3, 0.4) is 0 Å². The molecule has 1 fully saturated rings. The molecule has 0 radical (unpaired) electrons. The number of hydrogen-bond acceptors (Lipinski definition) is 7. The van der Waals surface area contributed by atoms with Gasteiger partial charge in [0, 0.05) is 5.39 Å². The Bertz CT molecular complexity index is 1060. The van der Waals surface area contributed by atoms with Crippen molar-refractivity contribution < 1.29 is 9.59 Å². The average molecular weight is 363 g/mol. The van der Waals surface area contributed by atoms with Crippen LogP contribution in [0.15, 0.2) is 42.7 Å². The molecule has 1 saturated carbocycles. The lowest BCUT2D eigenvalue weighted by Crippen LogP contribution is -2.38. The minimum absolute atomic E-state index is 0.0161. The van der Waals surface area contributed by atoms with Crippen molar-refractivity contribution in [3.8, 4) is 0 Å². The van der Waals surface area contributed by atoms with Crippen LogP contribution in [-0.2, 0) is 4.79 Å². The molecule has 3 aromatic rings. The molecule has 0 saturated heterocycles. The number of nitrogens with one attached hydrogen (secondary N) is 2. The molecule has 1 aliphatic carbocycles. The number of amides is 2. The normalized spacial score (nSPS) is 14.5. The van der Waals surface area contributed by atoms with Gasteiger partial charge in [-0.3, -0.25) is 14.6 Å². The molecule has 2 aromatic heterocycles. The number of carbonyl (C=O) groups is 2. The van der Waals surface area contributed by atoms with Gasteiger partial charge in [-0.15, -0.1) is 0 Å². The van der Waals surface area contributed by atoms with E-state index in [1.807, 2.05) is 30.3 Å². The molecule has 27 heavy (non-hydrogen) atoms. The maximum absolute atomic E-state index is 11.7. The van der Waals surface area contributed by atoms with E-state index in [1.54, 1.807) is 6.20 Å². The van der Waals surface area contributed by atoms with Crippen LogP contribution >= 0.6 is 0 Å². The molecule has 2 heterocycles. The predicted molar refractivity (Wildman–Crippen MR) is 100 cm³/mol. The first-order chi connectivity index (χ1) is 13.0. The highest BCUT2D eigenvalue weighted by molar-refractivity contribution is 5.97. The number of nitrogens with zero attached hydrogens (tertiary/aromatic N) is 3. The number of pyridine rings is 1. The zero-order valence-electron chi connectivity index (χ0n) is 14.3. The number of rotatable bonds is 6. The molecule has 9 nitrogen and oxygen atoms in total. The number of anilines is 3. The summed E-state index contributed by atoms with van der Waals surface area (Å²) in [5, 5.41) is 6.95. The van der Waals surface area contributed by atoms with E-state index in [4.69, 9.17) is 11.5 Å². The van der Waals surface area contributed by atoms with Crippen LogP contribution in [0.1, 0.15) is 23.3 Å². The molecule has 0 spiro atoms. The Kier molecular flexibility index (Phi) is 3.84. The van der Waals surface area contributed by atoms with E-state index in [1.165, 1.54) is 6.20 Å². The Morgan fingerprint density at radius 1 is 1.07 bits per heavy atom. The van der Waals surface area contributed by atoms with E-state index in [2.05, 4.69) is 25.6 Å². The molecule has 4 rings (SSSR count). The Morgan fingerprint density at radius 3 is 2.56 bits per heavy atom. The second-order valence-corrected chi connectivity index (χ2v) is 6.43. The molecule has 9 heteroatoms. The summed E-state index contributed by atoms with van der Waals surface area (Å²) in [6.07, 6.45) is 4.23. The third-order valence-electron chi connectivity index (χ3n) is 4.45. The van der Waals surface area contributed by atoms with Gasteiger partial charge in [0.15, 0.2) is 11.5 Å². The first-order valence-electron chi connectivity index (χ1n) is 8.34. The van der Waals surface area contributed by atoms with Crippen LogP contribution < -0.4 is 22.1 Å². The highest BCUT2D eigenvalue weighted by atomic mass is 16.2. The Labute approximate surface area is 154 Å². The van der Waals surface area contributed by atoms with Crippen molar-refractivity contribution in [2.24, 2.45) is 11.5 Å². The van der Waals surface area contributed by atoms with Gasteiger partial charge in [0.2, 0.25) is 5.91 Å². The molecule has 136 valence electrons. The Morgan fingerprint density at radius 2 is 1.85 bits per heavy atom. The molecule has 6 N–H and O–H groups in total. The third-order valence-corrected chi connectivity index (χ3v) is 4.45. The summed E-state index contributed by atoms with van der Waals surface area (Å²) in [5.41, 5.74) is 11.5. The van der Waals surface area contributed by atoms with E-state index in [0.717, 1.165) is 10.9 Å². The van der Waals surface area contributed by atoms with Crippen molar-refractivity contribution >= 4 is 40.0 Å². The van der Waals surface area contributed by atoms with Crippen LogP contribution in [0.4, 0.5) is 17.3 Å². The lowest BCUT2D eigenvalue weighted by Gasteiger charge is -2.16. The van der Waals surface area contributed by atoms with Crippen LogP contribution in [0.2, 0.25) is 0 Å². The van der Waals surface area contributed by atoms with Gasteiger partial charge in [-0.25, -0.2) is 9.97 Å². The fourth-order valence-corrected chi connectivity index (χ4v) is 2.80. The van der Waals surface area contributed by atoms with E-state index in [0.29, 0.717) is 24.3 Å². The maximum atomic E-state index is 11.7. The summed E-state index contributed by atoms with van der Waals surface area (Å²) in [5.74, 6) is -0.671. The van der Waals surface area contributed by atoms with Crippen molar-refractivity contribution in [1.82, 2.24) is 15.0 Å². The number of carbonyl (C=O) groups excluding carboxylic acids is 2. The Hall–Kier alpha value is -3.75. The van der Waals surface area contributed by atoms with Gasteiger partial charge in [-0.1, -0.05) is 18.2 Å². The first kappa shape index (κ1) is 16.7. The van der Waals surface area contributed by atoms with Gasteiger partial charge in [-0.05, 0) is 25.0 Å². The quantitative estimate of drug-likeness (QED) is 0.515. The smallest absolute Gasteiger partial charge is 0.271 e. The molecule has 0 bridgehead atoms. The topological polar surface area (TPSA) is 149 Å². The number of aromatic nitrogens is 3. The lowest BCUT2D eigenvalue weighted by atomic mass is 10.2. The number of fused-ring (bicyclic) bond motifs is 1. The maximum Gasteiger partial charge on any atom is 0.271 e. The van der Waals surface area contributed by atoms with Crippen LogP contribution in [-0.4, -0.2) is 32.3 Å². The zero-order valence-corrected chi connectivity index (χ0v) is 14.3. The summed E-state index contributed by atoms with van der Waals surface area (Å²) in [4.78, 5) is 36.1. The second kappa shape index (κ2) is 6.20. The van der Waals surface area contributed by atoms with Crippen molar-refractivity contribution in [2.75, 3.05) is 10.6 Å². The molecule has 0 aliphatic heterocycles. The summed E-state index contributed by atoms with van der Waals surface area (Å²) < 4.78 is 0. The molecular weight excluding hydrogens is 346 g/mol. The summed E-state index contributed by atoms with van der Waals surface area (Å²) in [7, 11) is 0. The van der Waals surface area contributed by atoms with Gasteiger partial charge < -0.3 is 22.1 Å². The highest BCUT2D eigenvalue weighted by Crippen LogP contribution is 2.38. The van der Waals surface area contributed by atoms with Crippen LogP contribution in [0.25, 0.3) is 10.9 Å². The minimum Gasteiger partial charge on any atom is -0.368 e. The first-order valence-corrected chi connectivity index (χ1v) is 8.34. The van der Waals surface area contributed by atoms with Crippen molar-refractivity contribution in [2.45, 2.75) is 18.4 Å². The standard InChI is InChI=1S/C18H17N7O2/c19-15(26)14-16(23-11-7-10-3-1-2-4-12(10)21-8-11)24-13(9-22-14)25-18(5-6-18)17(20)27/h1-4,7-9H,5-6H2,(H2,19,26)(H2,20,27)(H2,23,24,25). The Balaban J connectivity index is 1.67. The van der Waals surface area contributed by atoms with Crippen LogP contribution in [0.5, 0.6) is 0 Å². The number of para-hydroxylation sites is 1. The predicted octanol–water partition coefficient (Wildman–Crippen LogP) is 1.30. The van der Waals surface area contributed by atoms with Crippen molar-refractivity contribution in [3.05, 3.63) is 48.4 Å². The molecule has 0 atom stereocenters. The van der Waals surface area contributed by atoms with Crippen molar-refractivity contribution in [3.63, 3.8) is 0 Å². The number of benzene rings is 1. The van der Waals surface area contributed by atoms with Gasteiger partial charge in [0.25, 0.3) is 5.91 Å². The fourth-order valence-electron chi connectivity index (χ4n) is 2.80. The summed E-state index contributed by atoms with van der Waals surface area (Å²) in [6.45, 7) is 0. The van der Waals surface area contributed by atoms with E-state index in [9.17, 15) is 9.59 Å². The van der Waals surface area contributed by atoms with Gasteiger partial charge >= 0.3 is 0 Å². The molecule has 0 unspecified atom stereocenters. The van der Waals surface area contributed by atoms with Gasteiger partial charge in [0.05, 0.1) is 23.6 Å². The molecule has 1 aromatic carbocycles. The van der Waals surface area contributed by atoms with Gasteiger partial charge in [0.1, 0.15) is 11.4 Å². The monoisotopic (exact) mass is 363 g/mol. The number of primary amides is 2. The summed E-state index contributed by atoms with van der Waals surface area (Å²) >= 11 is 0. The fraction of sp³-hybridized carbons (Fsp3) is 0.167. The SMILES string of the molecule is NC(=O)c1ncc(NC2(C(N)=O)CC2)nc1Nc1cnc2ccccc2c1. The van der Waals surface area contributed by atoms with E-state index >= 15 is 0 Å². The molecule has 2 amide bonds.